The first kappa shape index (κ1) is 13.9. The third-order valence-corrected chi connectivity index (χ3v) is 4.03. The number of thiazole rings is 1. The number of ether oxygens (including phenoxy) is 1. The van der Waals surface area contributed by atoms with Gasteiger partial charge in [0.15, 0.2) is 5.13 Å². The number of aryl methyl sites for hydroxylation is 1. The summed E-state index contributed by atoms with van der Waals surface area (Å²) in [6.45, 7) is 3.56. The lowest BCUT2D eigenvalue weighted by molar-refractivity contribution is 0.102. The minimum Gasteiger partial charge on any atom is -0.493 e. The molecule has 2 N–H and O–H groups in total. The van der Waals surface area contributed by atoms with E-state index in [1.807, 2.05) is 25.1 Å². The molecule has 3 rings (SSSR count). The average molecular weight is 303 g/mol. The van der Waals surface area contributed by atoms with E-state index in [1.165, 1.54) is 11.3 Å². The van der Waals surface area contributed by atoms with E-state index in [2.05, 4.69) is 15.6 Å². The lowest BCUT2D eigenvalue weighted by Crippen LogP contribution is -2.14. The van der Waals surface area contributed by atoms with Gasteiger partial charge in [0, 0.05) is 17.6 Å². The average Bonchev–Trinajstić information content (AvgIpc) is 2.96. The summed E-state index contributed by atoms with van der Waals surface area (Å²) in [7, 11) is 0. The van der Waals surface area contributed by atoms with Crippen LogP contribution in [0.15, 0.2) is 23.6 Å². The number of rotatable bonds is 4. The fraction of sp³-hybridized carbons (Fsp3) is 0.333. The molecule has 0 saturated heterocycles. The van der Waals surface area contributed by atoms with Crippen LogP contribution in [-0.4, -0.2) is 24.0 Å². The number of nitrogens with zero attached hydrogens (tertiary/aromatic N) is 1. The van der Waals surface area contributed by atoms with Gasteiger partial charge in [-0.15, -0.1) is 11.3 Å². The summed E-state index contributed by atoms with van der Waals surface area (Å²) >= 11 is 1.43. The van der Waals surface area contributed by atoms with Crippen LogP contribution in [0.4, 0.5) is 10.8 Å². The maximum atomic E-state index is 12.2. The first-order valence-corrected chi connectivity index (χ1v) is 7.90. The van der Waals surface area contributed by atoms with Crippen molar-refractivity contribution in [2.24, 2.45) is 0 Å². The van der Waals surface area contributed by atoms with Crippen molar-refractivity contribution in [1.82, 2.24) is 4.98 Å². The molecule has 0 radical (unpaired) electrons. The highest BCUT2D eigenvalue weighted by Gasteiger charge is 2.14. The van der Waals surface area contributed by atoms with E-state index in [9.17, 15) is 4.79 Å². The van der Waals surface area contributed by atoms with Crippen LogP contribution >= 0.6 is 11.3 Å². The molecular weight excluding hydrogens is 286 g/mol. The first-order valence-electron chi connectivity index (χ1n) is 7.02. The van der Waals surface area contributed by atoms with Crippen molar-refractivity contribution in [1.29, 1.82) is 0 Å². The van der Waals surface area contributed by atoms with Crippen LogP contribution in [0, 0.1) is 0 Å². The van der Waals surface area contributed by atoms with Gasteiger partial charge in [0.1, 0.15) is 11.4 Å². The van der Waals surface area contributed by atoms with E-state index < -0.39 is 0 Å². The Morgan fingerprint density at radius 3 is 3.24 bits per heavy atom. The van der Waals surface area contributed by atoms with Gasteiger partial charge in [0.2, 0.25) is 0 Å². The van der Waals surface area contributed by atoms with Crippen LogP contribution in [-0.2, 0) is 6.42 Å². The summed E-state index contributed by atoms with van der Waals surface area (Å²) in [4.78, 5) is 16.4. The van der Waals surface area contributed by atoms with Crippen LogP contribution in [0.5, 0.6) is 5.75 Å². The van der Waals surface area contributed by atoms with Crippen molar-refractivity contribution in [3.05, 3.63) is 34.8 Å². The van der Waals surface area contributed by atoms with Crippen molar-refractivity contribution in [2.45, 2.75) is 19.8 Å². The minimum absolute atomic E-state index is 0.188. The fourth-order valence-corrected chi connectivity index (χ4v) is 3.01. The van der Waals surface area contributed by atoms with Crippen molar-refractivity contribution in [2.75, 3.05) is 23.8 Å². The molecule has 5 nitrogen and oxygen atoms in total. The molecule has 2 aromatic rings. The number of nitrogens with one attached hydrogen (secondary N) is 2. The van der Waals surface area contributed by atoms with E-state index >= 15 is 0 Å². The lowest BCUT2D eigenvalue weighted by atomic mass is 10.1. The number of carbonyl (C=O) groups is 1. The number of aromatic nitrogens is 1. The Morgan fingerprint density at radius 2 is 2.38 bits per heavy atom. The second-order valence-electron chi connectivity index (χ2n) is 4.80. The largest absolute Gasteiger partial charge is 0.493 e. The third kappa shape index (κ3) is 3.16. The molecule has 0 atom stereocenters. The van der Waals surface area contributed by atoms with Gasteiger partial charge < -0.3 is 15.4 Å². The summed E-state index contributed by atoms with van der Waals surface area (Å²) in [6.07, 6.45) is 2.00. The van der Waals surface area contributed by atoms with Gasteiger partial charge in [-0.05, 0) is 43.5 Å². The molecule has 1 aliphatic heterocycles. The second-order valence-corrected chi connectivity index (χ2v) is 5.65. The maximum absolute atomic E-state index is 12.2. The Balaban J connectivity index is 1.71. The highest BCUT2D eigenvalue weighted by atomic mass is 32.1. The molecule has 0 bridgehead atoms. The number of amides is 1. The summed E-state index contributed by atoms with van der Waals surface area (Å²) < 4.78 is 5.57. The molecule has 1 aliphatic rings. The van der Waals surface area contributed by atoms with E-state index in [4.69, 9.17) is 4.74 Å². The molecular formula is C15H17N3O2S. The number of carbonyl (C=O) groups excluding carboxylic acids is 1. The Kier molecular flexibility index (Phi) is 4.06. The Morgan fingerprint density at radius 1 is 1.48 bits per heavy atom. The first-order chi connectivity index (χ1) is 10.3. The van der Waals surface area contributed by atoms with Gasteiger partial charge in [0.05, 0.1) is 6.61 Å². The van der Waals surface area contributed by atoms with Crippen molar-refractivity contribution in [3.8, 4) is 5.75 Å². The maximum Gasteiger partial charge on any atom is 0.275 e. The van der Waals surface area contributed by atoms with Gasteiger partial charge in [0.25, 0.3) is 5.91 Å². The van der Waals surface area contributed by atoms with Crippen molar-refractivity contribution in [3.63, 3.8) is 0 Å². The highest BCUT2D eigenvalue weighted by Crippen LogP contribution is 2.27. The number of hydrogen-bond donors (Lipinski definition) is 2. The summed E-state index contributed by atoms with van der Waals surface area (Å²) in [6, 6.07) is 5.75. The van der Waals surface area contributed by atoms with Crippen LogP contribution in [0.2, 0.25) is 0 Å². The SMILES string of the molecule is CCNc1nc(C(=O)Nc2ccc3c(c2)CCCO3)cs1. The molecule has 21 heavy (non-hydrogen) atoms. The number of fused-ring (bicyclic) bond motifs is 1. The quantitative estimate of drug-likeness (QED) is 0.910. The van der Waals surface area contributed by atoms with Crippen LogP contribution in [0.1, 0.15) is 29.4 Å². The van der Waals surface area contributed by atoms with Gasteiger partial charge in [-0.3, -0.25) is 4.79 Å². The van der Waals surface area contributed by atoms with Crippen LogP contribution < -0.4 is 15.4 Å². The van der Waals surface area contributed by atoms with E-state index in [0.29, 0.717) is 5.69 Å². The predicted octanol–water partition coefficient (Wildman–Crippen LogP) is 3.15. The normalized spacial score (nSPS) is 13.2. The van der Waals surface area contributed by atoms with Gasteiger partial charge in [-0.25, -0.2) is 4.98 Å². The zero-order valence-electron chi connectivity index (χ0n) is 11.8. The topological polar surface area (TPSA) is 63.2 Å². The summed E-state index contributed by atoms with van der Waals surface area (Å²) in [5.74, 6) is 0.731. The number of anilines is 2. The van der Waals surface area contributed by atoms with Crippen LogP contribution in [0.25, 0.3) is 0 Å². The number of benzene rings is 1. The van der Waals surface area contributed by atoms with Gasteiger partial charge >= 0.3 is 0 Å². The molecule has 1 amide bonds. The monoisotopic (exact) mass is 303 g/mol. The smallest absolute Gasteiger partial charge is 0.275 e. The molecule has 6 heteroatoms. The molecule has 0 fully saturated rings. The van der Waals surface area contributed by atoms with Crippen LogP contribution in [0.3, 0.4) is 0 Å². The van der Waals surface area contributed by atoms with Crippen molar-refractivity contribution < 1.29 is 9.53 Å². The second kappa shape index (κ2) is 6.13. The Labute approximate surface area is 127 Å². The fourth-order valence-electron chi connectivity index (χ4n) is 2.24. The molecule has 1 aromatic carbocycles. The molecule has 2 heterocycles. The molecule has 110 valence electrons. The Bertz CT molecular complexity index is 654. The third-order valence-electron chi connectivity index (χ3n) is 3.23. The molecule has 0 spiro atoms. The molecule has 0 unspecified atom stereocenters. The predicted molar refractivity (Wildman–Crippen MR) is 84.5 cm³/mol. The zero-order valence-corrected chi connectivity index (χ0v) is 12.6. The van der Waals surface area contributed by atoms with E-state index in [1.54, 1.807) is 5.38 Å². The molecule has 0 saturated carbocycles. The zero-order chi connectivity index (χ0) is 14.7. The van der Waals surface area contributed by atoms with Crippen molar-refractivity contribution >= 4 is 28.1 Å². The van der Waals surface area contributed by atoms with E-state index in [0.717, 1.165) is 48.1 Å². The Hall–Kier alpha value is -2.08. The lowest BCUT2D eigenvalue weighted by Gasteiger charge is -2.17. The number of hydrogen-bond acceptors (Lipinski definition) is 5. The minimum atomic E-state index is -0.188. The van der Waals surface area contributed by atoms with Gasteiger partial charge in [-0.2, -0.15) is 0 Å². The molecule has 1 aromatic heterocycles. The highest BCUT2D eigenvalue weighted by molar-refractivity contribution is 7.13. The van der Waals surface area contributed by atoms with Gasteiger partial charge in [-0.1, -0.05) is 0 Å². The molecule has 0 aliphatic carbocycles. The summed E-state index contributed by atoms with van der Waals surface area (Å²) in [5, 5.41) is 8.51. The standard InChI is InChI=1S/C15H17N3O2S/c1-2-16-15-18-12(9-21-15)14(19)17-11-5-6-13-10(8-11)4-3-7-20-13/h5-6,8-9H,2-4,7H2,1H3,(H,16,18)(H,17,19). The van der Waals surface area contributed by atoms with E-state index in [-0.39, 0.29) is 5.91 Å². The summed E-state index contributed by atoms with van der Waals surface area (Å²) in [5.41, 5.74) is 2.36.